The predicted octanol–water partition coefficient (Wildman–Crippen LogP) is 1.28. The second-order valence-electron chi connectivity index (χ2n) is 5.67. The molecule has 1 atom stereocenters. The number of benzene rings is 1. The number of nitrogens with one attached hydrogen (secondary N) is 2. The number of urea groups is 1. The van der Waals surface area contributed by atoms with Gasteiger partial charge in [-0.2, -0.15) is 5.01 Å². The molecular weight excluding hydrogens is 270 g/mol. The number of carbonyl (C=O) groups excluding carboxylic acids is 3. The van der Waals surface area contributed by atoms with Crippen molar-refractivity contribution in [2.75, 3.05) is 0 Å². The Labute approximate surface area is 122 Å². The van der Waals surface area contributed by atoms with Crippen molar-refractivity contribution in [3.63, 3.8) is 0 Å². The standard InChI is InChI=1S/C15H17N3O3/c1-15(11-8-3-2-4-9-11)13(20)18(14(21)16-15)17-12(19)10-6-5-7-10/h2-4,8-10H,5-7H2,1H3,(H,16,21)(H,17,19)/t15-/m1/s1. The summed E-state index contributed by atoms with van der Waals surface area (Å²) in [6, 6.07) is 8.39. The van der Waals surface area contributed by atoms with Crippen LogP contribution in [0.4, 0.5) is 4.79 Å². The largest absolute Gasteiger partial charge is 0.344 e. The first-order valence-electron chi connectivity index (χ1n) is 7.05. The molecule has 6 heteroatoms. The molecular formula is C15H17N3O3. The van der Waals surface area contributed by atoms with Crippen molar-refractivity contribution in [1.82, 2.24) is 15.8 Å². The number of nitrogens with zero attached hydrogens (tertiary/aromatic N) is 1. The summed E-state index contributed by atoms with van der Waals surface area (Å²) in [6.45, 7) is 1.64. The van der Waals surface area contributed by atoms with Gasteiger partial charge < -0.3 is 5.32 Å². The number of imide groups is 1. The summed E-state index contributed by atoms with van der Waals surface area (Å²) in [5.74, 6) is -0.817. The Bertz CT molecular complexity index is 597. The lowest BCUT2D eigenvalue weighted by atomic mass is 9.85. The van der Waals surface area contributed by atoms with Crippen LogP contribution in [0, 0.1) is 5.92 Å². The Hall–Kier alpha value is -2.37. The SMILES string of the molecule is C[C@]1(c2ccccc2)NC(=O)N(NC(=O)C2CCC2)C1=O. The number of hydrogen-bond donors (Lipinski definition) is 2. The minimum atomic E-state index is -1.15. The molecule has 6 nitrogen and oxygen atoms in total. The van der Waals surface area contributed by atoms with Gasteiger partial charge in [0, 0.05) is 5.92 Å². The smallest absolute Gasteiger partial charge is 0.318 e. The van der Waals surface area contributed by atoms with Crippen molar-refractivity contribution >= 4 is 17.8 Å². The maximum atomic E-state index is 12.5. The maximum Gasteiger partial charge on any atom is 0.344 e. The van der Waals surface area contributed by atoms with Gasteiger partial charge in [0.15, 0.2) is 0 Å². The molecule has 0 unspecified atom stereocenters. The molecule has 0 radical (unpaired) electrons. The lowest BCUT2D eigenvalue weighted by Gasteiger charge is -2.26. The molecule has 1 aromatic rings. The second-order valence-corrected chi connectivity index (χ2v) is 5.67. The predicted molar refractivity (Wildman–Crippen MR) is 74.7 cm³/mol. The molecule has 0 spiro atoms. The summed E-state index contributed by atoms with van der Waals surface area (Å²) in [5.41, 5.74) is 1.97. The zero-order valence-electron chi connectivity index (χ0n) is 11.8. The molecule has 1 aliphatic heterocycles. The van der Waals surface area contributed by atoms with Crippen LogP contribution < -0.4 is 10.7 Å². The molecule has 2 fully saturated rings. The average Bonchev–Trinajstić information content (AvgIpc) is 2.63. The van der Waals surface area contributed by atoms with E-state index in [9.17, 15) is 14.4 Å². The first-order chi connectivity index (χ1) is 10.0. The van der Waals surface area contributed by atoms with E-state index in [0.29, 0.717) is 5.56 Å². The topological polar surface area (TPSA) is 78.5 Å². The molecule has 4 amide bonds. The summed E-state index contributed by atoms with van der Waals surface area (Å²) >= 11 is 0. The summed E-state index contributed by atoms with van der Waals surface area (Å²) in [7, 11) is 0. The van der Waals surface area contributed by atoms with E-state index in [4.69, 9.17) is 0 Å². The van der Waals surface area contributed by atoms with Crippen LogP contribution in [0.2, 0.25) is 0 Å². The quantitative estimate of drug-likeness (QED) is 0.822. The van der Waals surface area contributed by atoms with Crippen LogP contribution in [-0.4, -0.2) is 22.9 Å². The van der Waals surface area contributed by atoms with Gasteiger partial charge in [0.1, 0.15) is 5.54 Å². The number of hydrazine groups is 1. The molecule has 3 rings (SSSR count). The highest BCUT2D eigenvalue weighted by Crippen LogP contribution is 2.29. The van der Waals surface area contributed by atoms with E-state index in [-0.39, 0.29) is 11.8 Å². The zero-order chi connectivity index (χ0) is 15.0. The van der Waals surface area contributed by atoms with E-state index in [2.05, 4.69) is 10.7 Å². The maximum absolute atomic E-state index is 12.5. The second kappa shape index (κ2) is 4.87. The van der Waals surface area contributed by atoms with E-state index in [1.165, 1.54) is 0 Å². The molecule has 0 bridgehead atoms. The molecule has 1 aromatic carbocycles. The lowest BCUT2D eigenvalue weighted by molar-refractivity contribution is -0.141. The third kappa shape index (κ3) is 2.16. The van der Waals surface area contributed by atoms with Crippen LogP contribution >= 0.6 is 0 Å². The van der Waals surface area contributed by atoms with Crippen LogP contribution in [0.5, 0.6) is 0 Å². The van der Waals surface area contributed by atoms with Crippen molar-refractivity contribution in [2.45, 2.75) is 31.7 Å². The Morgan fingerprint density at radius 3 is 2.52 bits per heavy atom. The molecule has 0 aromatic heterocycles. The highest BCUT2D eigenvalue weighted by atomic mass is 16.2. The van der Waals surface area contributed by atoms with Crippen molar-refractivity contribution in [3.05, 3.63) is 35.9 Å². The van der Waals surface area contributed by atoms with E-state index >= 15 is 0 Å². The van der Waals surface area contributed by atoms with Gasteiger partial charge in [-0.25, -0.2) is 4.79 Å². The Morgan fingerprint density at radius 1 is 1.29 bits per heavy atom. The highest BCUT2D eigenvalue weighted by molar-refractivity contribution is 6.08. The molecule has 110 valence electrons. The van der Waals surface area contributed by atoms with E-state index in [1.807, 2.05) is 6.07 Å². The van der Waals surface area contributed by atoms with Crippen molar-refractivity contribution < 1.29 is 14.4 Å². The van der Waals surface area contributed by atoms with Gasteiger partial charge in [-0.05, 0) is 25.3 Å². The lowest BCUT2D eigenvalue weighted by Crippen LogP contribution is -2.50. The fraction of sp³-hybridized carbons (Fsp3) is 0.400. The van der Waals surface area contributed by atoms with E-state index in [0.717, 1.165) is 24.3 Å². The summed E-state index contributed by atoms with van der Waals surface area (Å²) in [4.78, 5) is 36.5. The van der Waals surface area contributed by atoms with E-state index in [1.54, 1.807) is 31.2 Å². The van der Waals surface area contributed by atoms with Gasteiger partial charge >= 0.3 is 6.03 Å². The van der Waals surface area contributed by atoms with Gasteiger partial charge in [0.25, 0.3) is 5.91 Å². The third-order valence-corrected chi connectivity index (χ3v) is 4.24. The minimum absolute atomic E-state index is 0.0887. The molecule has 21 heavy (non-hydrogen) atoms. The van der Waals surface area contributed by atoms with Gasteiger partial charge in [-0.3, -0.25) is 15.0 Å². The first kappa shape index (κ1) is 13.6. The fourth-order valence-electron chi connectivity index (χ4n) is 2.58. The van der Waals surface area contributed by atoms with Gasteiger partial charge in [-0.1, -0.05) is 36.8 Å². The van der Waals surface area contributed by atoms with Gasteiger partial charge in [0.2, 0.25) is 5.91 Å². The normalized spacial score (nSPS) is 25.5. The Balaban J connectivity index is 1.80. The highest BCUT2D eigenvalue weighted by Gasteiger charge is 2.50. The number of amides is 4. The molecule has 1 saturated carbocycles. The number of hydrogen-bond acceptors (Lipinski definition) is 3. The van der Waals surface area contributed by atoms with Crippen molar-refractivity contribution in [1.29, 1.82) is 0 Å². The summed E-state index contributed by atoms with van der Waals surface area (Å²) < 4.78 is 0. The van der Waals surface area contributed by atoms with Crippen LogP contribution in [0.1, 0.15) is 31.7 Å². The van der Waals surface area contributed by atoms with Gasteiger partial charge in [0.05, 0.1) is 0 Å². The monoisotopic (exact) mass is 287 g/mol. The van der Waals surface area contributed by atoms with Crippen molar-refractivity contribution in [3.8, 4) is 0 Å². The van der Waals surface area contributed by atoms with E-state index < -0.39 is 17.5 Å². The number of carbonyl (C=O) groups is 3. The first-order valence-corrected chi connectivity index (χ1v) is 7.05. The van der Waals surface area contributed by atoms with Crippen LogP contribution in [-0.2, 0) is 15.1 Å². The molecule has 1 heterocycles. The van der Waals surface area contributed by atoms with Crippen LogP contribution in [0.25, 0.3) is 0 Å². The Kier molecular flexibility index (Phi) is 3.16. The number of rotatable bonds is 3. The molecule has 2 aliphatic rings. The summed E-state index contributed by atoms with van der Waals surface area (Å²) in [6.07, 6.45) is 2.64. The average molecular weight is 287 g/mol. The van der Waals surface area contributed by atoms with Crippen LogP contribution in [0.3, 0.4) is 0 Å². The molecule has 1 saturated heterocycles. The minimum Gasteiger partial charge on any atom is -0.318 e. The fourth-order valence-corrected chi connectivity index (χ4v) is 2.58. The van der Waals surface area contributed by atoms with Gasteiger partial charge in [-0.15, -0.1) is 0 Å². The molecule has 2 N–H and O–H groups in total. The zero-order valence-corrected chi connectivity index (χ0v) is 11.8. The third-order valence-electron chi connectivity index (χ3n) is 4.24. The van der Waals surface area contributed by atoms with Crippen molar-refractivity contribution in [2.24, 2.45) is 5.92 Å². The van der Waals surface area contributed by atoms with Crippen LogP contribution in [0.15, 0.2) is 30.3 Å². The summed E-state index contributed by atoms with van der Waals surface area (Å²) in [5, 5.41) is 3.45. The molecule has 1 aliphatic carbocycles. The Morgan fingerprint density at radius 2 is 1.95 bits per heavy atom.